The highest BCUT2D eigenvalue weighted by Gasteiger charge is 2.42. The molecular formula is C8H17NO4S. The van der Waals surface area contributed by atoms with Crippen LogP contribution in [-0.2, 0) is 4.74 Å². The topological polar surface area (TPSA) is 82.0 Å². The Labute approximate surface area is 88.5 Å². The van der Waals surface area contributed by atoms with Crippen molar-refractivity contribution in [3.63, 3.8) is 0 Å². The normalized spacial score (nSPS) is 43.9. The summed E-state index contributed by atoms with van der Waals surface area (Å²) in [4.78, 5) is 0. The second kappa shape index (κ2) is 5.29. The van der Waals surface area contributed by atoms with Crippen molar-refractivity contribution < 1.29 is 20.1 Å². The molecule has 1 rings (SSSR count). The molecule has 4 N–H and O–H groups in total. The highest BCUT2D eigenvalue weighted by molar-refractivity contribution is 7.80. The largest absolute Gasteiger partial charge is 0.394 e. The number of hydrogen-bond donors (Lipinski definition) is 5. The fourth-order valence-corrected chi connectivity index (χ4v) is 1.99. The molecule has 1 aliphatic rings. The first kappa shape index (κ1) is 12.2. The molecule has 1 saturated heterocycles. The summed E-state index contributed by atoms with van der Waals surface area (Å²) in [7, 11) is 0. The number of likely N-dealkylation sites (N-methyl/N-ethyl adjacent to an activating group) is 1. The Balaban J connectivity index is 2.63. The minimum absolute atomic E-state index is 0.325. The quantitative estimate of drug-likeness (QED) is 0.370. The summed E-state index contributed by atoms with van der Waals surface area (Å²) >= 11 is 4.14. The first-order chi connectivity index (χ1) is 6.61. The van der Waals surface area contributed by atoms with E-state index in [0.29, 0.717) is 6.54 Å². The van der Waals surface area contributed by atoms with E-state index in [2.05, 4.69) is 17.9 Å². The molecule has 0 saturated carbocycles. The Morgan fingerprint density at radius 1 is 1.36 bits per heavy atom. The second-order valence-corrected chi connectivity index (χ2v) is 3.82. The van der Waals surface area contributed by atoms with Crippen molar-refractivity contribution in [2.45, 2.75) is 36.7 Å². The Morgan fingerprint density at radius 3 is 2.50 bits per heavy atom. The van der Waals surface area contributed by atoms with E-state index in [0.717, 1.165) is 0 Å². The van der Waals surface area contributed by atoms with Crippen LogP contribution in [0.5, 0.6) is 0 Å². The summed E-state index contributed by atoms with van der Waals surface area (Å²) in [5.41, 5.74) is -0.523. The van der Waals surface area contributed by atoms with Crippen LogP contribution in [0.4, 0.5) is 0 Å². The molecule has 0 aliphatic carbocycles. The van der Waals surface area contributed by atoms with Crippen LogP contribution in [0.2, 0.25) is 0 Å². The Hall–Kier alpha value is 0.150. The van der Waals surface area contributed by atoms with Crippen molar-refractivity contribution in [1.29, 1.82) is 0 Å². The van der Waals surface area contributed by atoms with E-state index in [4.69, 9.17) is 9.84 Å². The van der Waals surface area contributed by atoms with Crippen molar-refractivity contribution in [3.05, 3.63) is 0 Å². The van der Waals surface area contributed by atoms with Crippen LogP contribution >= 0.6 is 12.6 Å². The smallest absolute Gasteiger partial charge is 0.119 e. The first-order valence-electron chi connectivity index (χ1n) is 4.65. The molecule has 0 amide bonds. The minimum Gasteiger partial charge on any atom is -0.394 e. The van der Waals surface area contributed by atoms with Gasteiger partial charge in [0.15, 0.2) is 0 Å². The number of aliphatic hydroxyl groups is 3. The van der Waals surface area contributed by atoms with E-state index in [1.807, 2.05) is 6.92 Å². The molecule has 0 bridgehead atoms. The molecule has 0 aromatic carbocycles. The molecule has 1 unspecified atom stereocenters. The van der Waals surface area contributed by atoms with Gasteiger partial charge in [-0.2, -0.15) is 0 Å². The van der Waals surface area contributed by atoms with Gasteiger partial charge >= 0.3 is 0 Å². The highest BCUT2D eigenvalue weighted by Crippen LogP contribution is 2.22. The first-order valence-corrected chi connectivity index (χ1v) is 5.17. The zero-order valence-corrected chi connectivity index (χ0v) is 8.89. The van der Waals surface area contributed by atoms with Crippen molar-refractivity contribution in [2.24, 2.45) is 0 Å². The molecule has 5 atom stereocenters. The van der Waals surface area contributed by atoms with Gasteiger partial charge in [-0.25, -0.2) is 0 Å². The van der Waals surface area contributed by atoms with Gasteiger partial charge < -0.3 is 25.4 Å². The Bertz CT molecular complexity index is 183. The molecule has 0 spiro atoms. The van der Waals surface area contributed by atoms with Crippen LogP contribution in [0.3, 0.4) is 0 Å². The molecule has 6 heteroatoms. The lowest BCUT2D eigenvalue weighted by molar-refractivity contribution is -0.170. The van der Waals surface area contributed by atoms with E-state index in [1.54, 1.807) is 0 Å². The van der Waals surface area contributed by atoms with Crippen LogP contribution < -0.4 is 5.32 Å². The number of rotatable bonds is 3. The highest BCUT2D eigenvalue weighted by atomic mass is 32.1. The lowest BCUT2D eigenvalue weighted by Gasteiger charge is -2.40. The molecule has 1 heterocycles. The third-order valence-corrected chi connectivity index (χ3v) is 2.78. The summed E-state index contributed by atoms with van der Waals surface area (Å²) in [5, 5.41) is 31.1. The van der Waals surface area contributed by atoms with E-state index in [9.17, 15) is 10.2 Å². The Morgan fingerprint density at radius 2 is 2.00 bits per heavy atom. The molecule has 0 aromatic heterocycles. The zero-order valence-electron chi connectivity index (χ0n) is 8.00. The number of hydrogen-bond acceptors (Lipinski definition) is 6. The molecule has 1 aliphatic heterocycles. The van der Waals surface area contributed by atoms with Gasteiger partial charge in [0.2, 0.25) is 0 Å². The van der Waals surface area contributed by atoms with Crippen LogP contribution in [0.25, 0.3) is 0 Å². The third kappa shape index (κ3) is 2.39. The summed E-state index contributed by atoms with van der Waals surface area (Å²) < 4.78 is 5.22. The van der Waals surface area contributed by atoms with Crippen LogP contribution in [0.1, 0.15) is 6.92 Å². The molecule has 5 nitrogen and oxygen atoms in total. The van der Waals surface area contributed by atoms with Gasteiger partial charge in [-0.3, -0.25) is 0 Å². The summed E-state index contributed by atoms with van der Waals surface area (Å²) in [6.45, 7) is 2.21. The van der Waals surface area contributed by atoms with Crippen LogP contribution in [0, 0.1) is 0 Å². The second-order valence-electron chi connectivity index (χ2n) is 3.31. The van der Waals surface area contributed by atoms with E-state index in [1.165, 1.54) is 0 Å². The maximum absolute atomic E-state index is 9.69. The van der Waals surface area contributed by atoms with Gasteiger partial charge in [-0.15, -0.1) is 12.6 Å². The van der Waals surface area contributed by atoms with Gasteiger partial charge in [0.1, 0.15) is 23.7 Å². The number of thiol groups is 1. The van der Waals surface area contributed by atoms with Gasteiger partial charge in [-0.1, -0.05) is 6.92 Å². The van der Waals surface area contributed by atoms with E-state index in [-0.39, 0.29) is 6.61 Å². The predicted octanol–water partition coefficient (Wildman–Crippen LogP) is -1.67. The molecule has 1 fully saturated rings. The number of aliphatic hydroxyl groups excluding tert-OH is 3. The van der Waals surface area contributed by atoms with Gasteiger partial charge in [0.25, 0.3) is 0 Å². The molecule has 14 heavy (non-hydrogen) atoms. The fraction of sp³-hybridized carbons (Fsp3) is 1.00. The van der Waals surface area contributed by atoms with Gasteiger partial charge in [0.05, 0.1) is 12.6 Å². The average molecular weight is 223 g/mol. The lowest BCUT2D eigenvalue weighted by Crippen LogP contribution is -2.61. The summed E-state index contributed by atoms with van der Waals surface area (Å²) in [5.74, 6) is 0. The monoisotopic (exact) mass is 223 g/mol. The summed E-state index contributed by atoms with van der Waals surface area (Å²) in [6.07, 6.45) is -2.81. The molecule has 84 valence electrons. The molecule has 0 radical (unpaired) electrons. The molecule has 0 aromatic rings. The van der Waals surface area contributed by atoms with Crippen molar-refractivity contribution in [1.82, 2.24) is 5.32 Å². The average Bonchev–Trinajstić information content (AvgIpc) is 2.18. The number of ether oxygens (including phenoxy) is 1. The minimum atomic E-state index is -1.08. The van der Waals surface area contributed by atoms with E-state index < -0.39 is 29.8 Å². The SMILES string of the molecule is CCN[C@H]1C(S)O[C@H](CO)[C@@H](O)[C@@H]1O. The maximum atomic E-state index is 9.69. The predicted molar refractivity (Wildman–Crippen MR) is 54.2 cm³/mol. The molecular weight excluding hydrogens is 206 g/mol. The lowest BCUT2D eigenvalue weighted by atomic mass is 9.98. The van der Waals surface area contributed by atoms with Crippen molar-refractivity contribution in [3.8, 4) is 0 Å². The van der Waals surface area contributed by atoms with Crippen LogP contribution in [0.15, 0.2) is 0 Å². The summed E-state index contributed by atoms with van der Waals surface area (Å²) in [6, 6.07) is -0.416. The zero-order chi connectivity index (χ0) is 10.7. The van der Waals surface area contributed by atoms with Crippen molar-refractivity contribution >= 4 is 12.6 Å². The fourth-order valence-electron chi connectivity index (χ4n) is 1.55. The Kier molecular flexibility index (Phi) is 4.62. The maximum Gasteiger partial charge on any atom is 0.119 e. The third-order valence-electron chi connectivity index (χ3n) is 2.34. The van der Waals surface area contributed by atoms with Crippen molar-refractivity contribution in [2.75, 3.05) is 13.2 Å². The van der Waals surface area contributed by atoms with E-state index >= 15 is 0 Å². The van der Waals surface area contributed by atoms with Crippen LogP contribution in [-0.4, -0.2) is 58.3 Å². The van der Waals surface area contributed by atoms with Gasteiger partial charge in [-0.05, 0) is 6.54 Å². The standard InChI is InChI=1S/C8H17NO4S/c1-2-9-5-7(12)6(11)4(3-10)13-8(5)14/h4-12,14H,2-3H2,1H3/t4-,5-,6-,7-,8?/m1/s1. The van der Waals surface area contributed by atoms with Gasteiger partial charge in [0, 0.05) is 0 Å². The number of nitrogens with one attached hydrogen (secondary N) is 1.